The molecular formula is C15H20N4OS. The predicted octanol–water partition coefficient (Wildman–Crippen LogP) is 2.91. The summed E-state index contributed by atoms with van der Waals surface area (Å²) in [5.41, 5.74) is 0. The van der Waals surface area contributed by atoms with E-state index in [0.717, 1.165) is 18.8 Å². The fourth-order valence-electron chi connectivity index (χ4n) is 2.65. The van der Waals surface area contributed by atoms with Gasteiger partial charge < -0.3 is 0 Å². The number of carbonyl (C=O) groups excluding carboxylic acids is 1. The van der Waals surface area contributed by atoms with Crippen molar-refractivity contribution in [2.24, 2.45) is 11.8 Å². The Labute approximate surface area is 128 Å². The summed E-state index contributed by atoms with van der Waals surface area (Å²) in [4.78, 5) is 17.6. The Morgan fingerprint density at radius 3 is 3.00 bits per heavy atom. The van der Waals surface area contributed by atoms with Gasteiger partial charge in [0.15, 0.2) is 0 Å². The number of anilines is 1. The molecule has 0 bridgehead atoms. The molecule has 5 nitrogen and oxygen atoms in total. The van der Waals surface area contributed by atoms with Crippen LogP contribution in [0.25, 0.3) is 0 Å². The summed E-state index contributed by atoms with van der Waals surface area (Å²) in [6.07, 6.45) is 0.896. The van der Waals surface area contributed by atoms with E-state index in [4.69, 9.17) is 0 Å². The molecule has 2 atom stereocenters. The minimum Gasteiger partial charge on any atom is -0.293 e. The molecule has 0 saturated heterocycles. The largest absolute Gasteiger partial charge is 0.293 e. The Morgan fingerprint density at radius 1 is 1.52 bits per heavy atom. The van der Waals surface area contributed by atoms with Gasteiger partial charge in [0.25, 0.3) is 0 Å². The summed E-state index contributed by atoms with van der Waals surface area (Å²) in [6.45, 7) is 6.82. The van der Waals surface area contributed by atoms with E-state index in [2.05, 4.69) is 39.8 Å². The predicted molar refractivity (Wildman–Crippen MR) is 83.4 cm³/mol. The maximum Gasteiger partial charge on any atom is 0.248 e. The maximum absolute atomic E-state index is 11.7. The molecule has 6 heteroatoms. The molecule has 1 aliphatic heterocycles. The first-order valence-corrected chi connectivity index (χ1v) is 8.20. The first-order chi connectivity index (χ1) is 10.0. The molecule has 0 fully saturated rings. The number of nitrogens with zero attached hydrogens (tertiary/aromatic N) is 3. The molecule has 0 aliphatic carbocycles. The van der Waals surface area contributed by atoms with Crippen LogP contribution in [-0.2, 0) is 17.8 Å². The van der Waals surface area contributed by atoms with E-state index in [1.165, 1.54) is 4.88 Å². The van der Waals surface area contributed by atoms with E-state index in [-0.39, 0.29) is 11.8 Å². The molecular weight excluding hydrogens is 284 g/mol. The van der Waals surface area contributed by atoms with Crippen LogP contribution in [-0.4, -0.2) is 20.7 Å². The second-order valence-corrected chi connectivity index (χ2v) is 6.96. The summed E-state index contributed by atoms with van der Waals surface area (Å²) in [7, 11) is 0. The van der Waals surface area contributed by atoms with Gasteiger partial charge in [0, 0.05) is 23.1 Å². The lowest BCUT2D eigenvalue weighted by Gasteiger charge is -2.27. The van der Waals surface area contributed by atoms with Crippen LogP contribution < -0.4 is 5.32 Å². The van der Waals surface area contributed by atoms with Crippen molar-refractivity contribution in [3.63, 3.8) is 0 Å². The van der Waals surface area contributed by atoms with Crippen molar-refractivity contribution >= 4 is 23.2 Å². The smallest absolute Gasteiger partial charge is 0.248 e. The number of nitrogens with one attached hydrogen (secondary N) is 1. The Kier molecular flexibility index (Phi) is 3.80. The molecule has 2 unspecified atom stereocenters. The Morgan fingerprint density at radius 2 is 2.33 bits per heavy atom. The van der Waals surface area contributed by atoms with Crippen LogP contribution in [0.3, 0.4) is 0 Å². The van der Waals surface area contributed by atoms with Crippen molar-refractivity contribution in [2.75, 3.05) is 5.32 Å². The van der Waals surface area contributed by atoms with Crippen molar-refractivity contribution in [1.82, 2.24) is 14.8 Å². The van der Waals surface area contributed by atoms with Crippen molar-refractivity contribution < 1.29 is 4.79 Å². The fraction of sp³-hybridized carbons (Fsp3) is 0.533. The van der Waals surface area contributed by atoms with Crippen LogP contribution in [0.2, 0.25) is 0 Å². The molecule has 2 aromatic heterocycles. The molecule has 0 aromatic carbocycles. The van der Waals surface area contributed by atoms with E-state index in [1.54, 1.807) is 11.3 Å². The van der Waals surface area contributed by atoms with E-state index in [1.807, 2.05) is 18.5 Å². The van der Waals surface area contributed by atoms with Gasteiger partial charge in [0.05, 0.1) is 6.54 Å². The summed E-state index contributed by atoms with van der Waals surface area (Å²) in [6, 6.07) is 4.28. The molecule has 0 spiro atoms. The molecule has 1 N–H and O–H groups in total. The van der Waals surface area contributed by atoms with Crippen LogP contribution >= 0.6 is 11.3 Å². The van der Waals surface area contributed by atoms with Gasteiger partial charge in [-0.25, -0.2) is 4.68 Å². The van der Waals surface area contributed by atoms with Gasteiger partial charge in [0.1, 0.15) is 5.82 Å². The lowest BCUT2D eigenvalue weighted by molar-refractivity contribution is -0.118. The number of thiophene rings is 1. The highest BCUT2D eigenvalue weighted by atomic mass is 32.1. The molecule has 2 aromatic rings. The van der Waals surface area contributed by atoms with Crippen molar-refractivity contribution in [1.29, 1.82) is 0 Å². The number of fused-ring (bicyclic) bond motifs is 1. The zero-order valence-electron chi connectivity index (χ0n) is 12.5. The number of amides is 1. The van der Waals surface area contributed by atoms with Crippen molar-refractivity contribution in [2.45, 2.75) is 39.7 Å². The average molecular weight is 304 g/mol. The van der Waals surface area contributed by atoms with Crippen molar-refractivity contribution in [3.8, 4) is 0 Å². The lowest BCUT2D eigenvalue weighted by atomic mass is 9.87. The summed E-state index contributed by atoms with van der Waals surface area (Å²) < 4.78 is 1.94. The van der Waals surface area contributed by atoms with E-state index in [0.29, 0.717) is 17.8 Å². The van der Waals surface area contributed by atoms with Crippen LogP contribution in [0.4, 0.5) is 5.95 Å². The van der Waals surface area contributed by atoms with Gasteiger partial charge in [-0.15, -0.1) is 16.4 Å². The normalized spacial score (nSPS) is 21.3. The number of rotatable bonds is 3. The minimum atomic E-state index is -0.0664. The summed E-state index contributed by atoms with van der Waals surface area (Å²) in [5.74, 6) is 2.31. The standard InChI is InChI=1S/C15H20N4OS/c1-9(2)14(20)17-15-16-13-7-10(3)11(8-19(13)18-15)12-5-4-6-21-12/h4-6,9-11H,7-8H2,1-3H3,(H,17,18,20). The summed E-state index contributed by atoms with van der Waals surface area (Å²) in [5, 5.41) is 9.35. The minimum absolute atomic E-state index is 0.0409. The monoisotopic (exact) mass is 304 g/mol. The van der Waals surface area contributed by atoms with Gasteiger partial charge in [-0.1, -0.05) is 26.8 Å². The highest BCUT2D eigenvalue weighted by Crippen LogP contribution is 2.35. The third-order valence-electron chi connectivity index (χ3n) is 3.98. The van der Waals surface area contributed by atoms with Gasteiger partial charge in [0.2, 0.25) is 11.9 Å². The third kappa shape index (κ3) is 2.85. The molecule has 0 saturated carbocycles. The Bertz CT molecular complexity index is 632. The molecule has 3 heterocycles. The molecule has 21 heavy (non-hydrogen) atoms. The molecule has 3 rings (SSSR count). The number of aromatic nitrogens is 3. The number of hydrogen-bond donors (Lipinski definition) is 1. The number of hydrogen-bond acceptors (Lipinski definition) is 4. The van der Waals surface area contributed by atoms with Gasteiger partial charge in [-0.2, -0.15) is 4.98 Å². The maximum atomic E-state index is 11.7. The average Bonchev–Trinajstić information content (AvgIpc) is 3.05. The van der Waals surface area contributed by atoms with Gasteiger partial charge in [-0.3, -0.25) is 10.1 Å². The van der Waals surface area contributed by atoms with Crippen LogP contribution in [0.1, 0.15) is 37.4 Å². The van der Waals surface area contributed by atoms with Crippen molar-refractivity contribution in [3.05, 3.63) is 28.2 Å². The zero-order valence-corrected chi connectivity index (χ0v) is 13.4. The second kappa shape index (κ2) is 5.60. The van der Waals surface area contributed by atoms with E-state index >= 15 is 0 Å². The number of carbonyl (C=O) groups is 1. The lowest BCUT2D eigenvalue weighted by Crippen LogP contribution is -2.26. The molecule has 112 valence electrons. The molecule has 1 amide bonds. The zero-order chi connectivity index (χ0) is 15.0. The third-order valence-corrected chi connectivity index (χ3v) is 4.98. The Hall–Kier alpha value is -1.69. The highest BCUT2D eigenvalue weighted by molar-refractivity contribution is 7.10. The summed E-state index contributed by atoms with van der Waals surface area (Å²) >= 11 is 1.80. The van der Waals surface area contributed by atoms with E-state index in [9.17, 15) is 4.79 Å². The first kappa shape index (κ1) is 14.3. The SMILES string of the molecule is CC(C)C(=O)Nc1nc2n(n1)CC(c1cccs1)C(C)C2. The van der Waals surface area contributed by atoms with Crippen LogP contribution in [0.5, 0.6) is 0 Å². The quantitative estimate of drug-likeness (QED) is 0.948. The van der Waals surface area contributed by atoms with Gasteiger partial charge in [-0.05, 0) is 17.4 Å². The topological polar surface area (TPSA) is 59.8 Å². The van der Waals surface area contributed by atoms with Crippen LogP contribution in [0, 0.1) is 11.8 Å². The Balaban J connectivity index is 1.80. The first-order valence-electron chi connectivity index (χ1n) is 7.32. The van der Waals surface area contributed by atoms with Crippen LogP contribution in [0.15, 0.2) is 17.5 Å². The molecule has 1 aliphatic rings. The second-order valence-electron chi connectivity index (χ2n) is 5.98. The highest BCUT2D eigenvalue weighted by Gasteiger charge is 2.29. The van der Waals surface area contributed by atoms with E-state index < -0.39 is 0 Å². The van der Waals surface area contributed by atoms with Gasteiger partial charge >= 0.3 is 0 Å². The molecule has 0 radical (unpaired) electrons. The fourth-order valence-corrected chi connectivity index (χ4v) is 3.60.